The molecule has 4 N–H and O–H groups in total. The third-order valence-electron chi connectivity index (χ3n) is 9.30. The lowest BCUT2D eigenvalue weighted by atomic mass is 10.0. The summed E-state index contributed by atoms with van der Waals surface area (Å²) < 4.78 is 10.9. The van der Waals surface area contributed by atoms with Crippen molar-refractivity contribution in [1.82, 2.24) is 9.80 Å². The summed E-state index contributed by atoms with van der Waals surface area (Å²) in [6.07, 6.45) is 31.0. The number of unbranched alkanes of at least 4 members (excludes halogenated alkanes) is 19. The number of carbonyl (C=O) groups excluding carboxylic acids is 2. The Balaban J connectivity index is 4.25. The SMILES string of the molecule is CCCCCCCCCCCCCCCCCCCCC/C=C/CC(CC(=O)OCCN(CCO)CCO)C(=O)OCCN(CCO)CCO. The van der Waals surface area contributed by atoms with Gasteiger partial charge in [0.15, 0.2) is 0 Å². The van der Waals surface area contributed by atoms with Gasteiger partial charge < -0.3 is 29.9 Å². The molecule has 0 amide bonds. The van der Waals surface area contributed by atoms with Crippen LogP contribution < -0.4 is 0 Å². The number of hydrogen-bond donors (Lipinski definition) is 4. The van der Waals surface area contributed by atoms with Crippen molar-refractivity contribution in [2.24, 2.45) is 5.92 Å². The van der Waals surface area contributed by atoms with Crippen molar-refractivity contribution in [3.8, 4) is 0 Å². The quantitative estimate of drug-likeness (QED) is 0.0321. The van der Waals surface area contributed by atoms with Gasteiger partial charge in [0.2, 0.25) is 0 Å². The Kier molecular flexibility index (Phi) is 37.5. The second-order valence-electron chi connectivity index (χ2n) is 13.7. The van der Waals surface area contributed by atoms with Crippen LogP contribution >= 0.6 is 0 Å². The van der Waals surface area contributed by atoms with E-state index in [0.29, 0.717) is 45.7 Å². The van der Waals surface area contributed by atoms with Crippen LogP contribution in [-0.4, -0.2) is 121 Å². The fraction of sp³-hybridized carbons (Fsp3) is 0.900. The van der Waals surface area contributed by atoms with Gasteiger partial charge in [-0.25, -0.2) is 0 Å². The summed E-state index contributed by atoms with van der Waals surface area (Å²) in [5.74, 6) is -1.63. The van der Waals surface area contributed by atoms with Crippen molar-refractivity contribution in [2.45, 2.75) is 148 Å². The van der Waals surface area contributed by atoms with Crippen LogP contribution in [0.3, 0.4) is 0 Å². The van der Waals surface area contributed by atoms with Gasteiger partial charge >= 0.3 is 11.9 Å². The molecule has 10 heteroatoms. The molecule has 0 saturated heterocycles. The number of rotatable bonds is 39. The van der Waals surface area contributed by atoms with Gasteiger partial charge in [-0.05, 0) is 19.3 Å². The largest absolute Gasteiger partial charge is 0.464 e. The first-order valence-electron chi connectivity index (χ1n) is 20.4. The number of carbonyl (C=O) groups is 2. The highest BCUT2D eigenvalue weighted by atomic mass is 16.5. The highest BCUT2D eigenvalue weighted by Gasteiger charge is 2.23. The fourth-order valence-corrected chi connectivity index (χ4v) is 6.16. The van der Waals surface area contributed by atoms with E-state index in [-0.39, 0.29) is 46.1 Å². The molecule has 0 radical (unpaired) electrons. The molecule has 0 aliphatic heterocycles. The molecule has 0 spiro atoms. The van der Waals surface area contributed by atoms with Crippen LogP contribution in [-0.2, 0) is 19.1 Å². The zero-order valence-electron chi connectivity index (χ0n) is 32.1. The molecule has 0 aliphatic rings. The van der Waals surface area contributed by atoms with Gasteiger partial charge in [-0.15, -0.1) is 0 Å². The Bertz CT molecular complexity index is 758. The smallest absolute Gasteiger partial charge is 0.309 e. The minimum absolute atomic E-state index is 0.0538. The Labute approximate surface area is 306 Å². The summed E-state index contributed by atoms with van der Waals surface area (Å²) in [5.41, 5.74) is 0. The van der Waals surface area contributed by atoms with Crippen LogP contribution in [0.25, 0.3) is 0 Å². The number of hydrogen-bond acceptors (Lipinski definition) is 10. The molecule has 0 bridgehead atoms. The van der Waals surface area contributed by atoms with E-state index in [1.165, 1.54) is 116 Å². The third-order valence-corrected chi connectivity index (χ3v) is 9.30. The predicted molar refractivity (Wildman–Crippen MR) is 203 cm³/mol. The summed E-state index contributed by atoms with van der Waals surface area (Å²) in [6.45, 7) is 4.53. The Morgan fingerprint density at radius 3 is 1.30 bits per heavy atom. The molecule has 1 unspecified atom stereocenters. The molecule has 10 nitrogen and oxygen atoms in total. The molecule has 296 valence electrons. The molecule has 1 atom stereocenters. The van der Waals surface area contributed by atoms with Gasteiger partial charge in [-0.1, -0.05) is 135 Å². The maximum Gasteiger partial charge on any atom is 0.309 e. The van der Waals surface area contributed by atoms with E-state index in [1.54, 1.807) is 9.80 Å². The maximum absolute atomic E-state index is 12.9. The molecule has 0 aromatic rings. The Morgan fingerprint density at radius 1 is 0.520 bits per heavy atom. The Hall–Kier alpha value is -1.56. The molecule has 0 heterocycles. The first-order valence-corrected chi connectivity index (χ1v) is 20.4. The minimum atomic E-state index is -0.668. The monoisotopic (exact) mass is 715 g/mol. The number of aliphatic hydroxyl groups is 4. The van der Waals surface area contributed by atoms with E-state index < -0.39 is 17.9 Å². The number of esters is 2. The number of allylic oxidation sites excluding steroid dienone is 2. The van der Waals surface area contributed by atoms with Gasteiger partial charge in [0.05, 0.1) is 38.8 Å². The van der Waals surface area contributed by atoms with Gasteiger partial charge in [-0.2, -0.15) is 0 Å². The van der Waals surface area contributed by atoms with Crippen molar-refractivity contribution in [2.75, 3.05) is 78.9 Å². The van der Waals surface area contributed by atoms with Gasteiger partial charge in [0, 0.05) is 39.3 Å². The van der Waals surface area contributed by atoms with Crippen molar-refractivity contribution < 1.29 is 39.5 Å². The summed E-state index contributed by atoms with van der Waals surface area (Å²) in [6, 6.07) is 0. The lowest BCUT2D eigenvalue weighted by Crippen LogP contribution is -2.34. The first-order chi connectivity index (χ1) is 24.5. The maximum atomic E-state index is 12.9. The normalized spacial score (nSPS) is 12.4. The number of nitrogens with zero attached hydrogens (tertiary/aromatic N) is 2. The predicted octanol–water partition coefficient (Wildman–Crippen LogP) is 6.42. The second kappa shape index (κ2) is 38.7. The average molecular weight is 715 g/mol. The number of ether oxygens (including phenoxy) is 2. The fourth-order valence-electron chi connectivity index (χ4n) is 6.16. The highest BCUT2D eigenvalue weighted by molar-refractivity contribution is 5.80. The standard InChI is InChI=1S/C40H78N2O8/c1-2-3-4-5-6-7-8-9-10-11-12-13-14-15-16-17-18-19-20-21-22-23-24-38(40(48)50-36-30-42(27-33-45)28-34-46)37-39(47)49-35-29-41(25-31-43)26-32-44/h22-23,38,43-46H,2-21,24-37H2,1H3/b23-22+. The van der Waals surface area contributed by atoms with Crippen molar-refractivity contribution in [3.63, 3.8) is 0 Å². The van der Waals surface area contributed by atoms with E-state index in [2.05, 4.69) is 13.0 Å². The van der Waals surface area contributed by atoms with Crippen molar-refractivity contribution in [3.05, 3.63) is 12.2 Å². The van der Waals surface area contributed by atoms with Crippen molar-refractivity contribution in [1.29, 1.82) is 0 Å². The summed E-state index contributed by atoms with van der Waals surface area (Å²) in [4.78, 5) is 29.1. The zero-order valence-corrected chi connectivity index (χ0v) is 32.1. The molecular weight excluding hydrogens is 636 g/mol. The topological polar surface area (TPSA) is 140 Å². The van der Waals surface area contributed by atoms with Crippen LogP contribution in [0.4, 0.5) is 0 Å². The third kappa shape index (κ3) is 32.4. The van der Waals surface area contributed by atoms with Crippen LogP contribution in [0.1, 0.15) is 148 Å². The van der Waals surface area contributed by atoms with E-state index in [9.17, 15) is 19.8 Å². The molecular formula is C40H78N2O8. The molecule has 0 rings (SSSR count). The van der Waals surface area contributed by atoms with Gasteiger partial charge in [0.1, 0.15) is 13.2 Å². The van der Waals surface area contributed by atoms with E-state index in [0.717, 1.165) is 12.8 Å². The molecule has 0 saturated carbocycles. The van der Waals surface area contributed by atoms with E-state index >= 15 is 0 Å². The Morgan fingerprint density at radius 2 is 0.900 bits per heavy atom. The zero-order chi connectivity index (χ0) is 36.8. The molecule has 0 aromatic carbocycles. The second-order valence-corrected chi connectivity index (χ2v) is 13.7. The summed E-state index contributed by atoms with van der Waals surface area (Å²) in [7, 11) is 0. The first kappa shape index (κ1) is 48.4. The van der Waals surface area contributed by atoms with Gasteiger partial charge in [-0.3, -0.25) is 19.4 Å². The summed E-state index contributed by atoms with van der Waals surface area (Å²) >= 11 is 0. The van der Waals surface area contributed by atoms with E-state index in [4.69, 9.17) is 19.7 Å². The highest BCUT2D eigenvalue weighted by Crippen LogP contribution is 2.17. The molecule has 50 heavy (non-hydrogen) atoms. The van der Waals surface area contributed by atoms with Gasteiger partial charge in [0.25, 0.3) is 0 Å². The minimum Gasteiger partial charge on any atom is -0.464 e. The lowest BCUT2D eigenvalue weighted by Gasteiger charge is -2.21. The molecule has 0 fully saturated rings. The van der Waals surface area contributed by atoms with Crippen LogP contribution in [0.5, 0.6) is 0 Å². The van der Waals surface area contributed by atoms with E-state index in [1.807, 2.05) is 6.08 Å². The van der Waals surface area contributed by atoms with Crippen LogP contribution in [0, 0.1) is 5.92 Å². The molecule has 0 aliphatic carbocycles. The lowest BCUT2D eigenvalue weighted by molar-refractivity contribution is -0.155. The van der Waals surface area contributed by atoms with Crippen molar-refractivity contribution >= 4 is 11.9 Å². The average Bonchev–Trinajstić information content (AvgIpc) is 3.10. The van der Waals surface area contributed by atoms with Crippen LogP contribution in [0.2, 0.25) is 0 Å². The summed E-state index contributed by atoms with van der Waals surface area (Å²) in [5, 5.41) is 36.7. The molecule has 0 aromatic heterocycles. The number of aliphatic hydroxyl groups excluding tert-OH is 4. The van der Waals surface area contributed by atoms with Crippen LogP contribution in [0.15, 0.2) is 12.2 Å².